The lowest BCUT2D eigenvalue weighted by Crippen LogP contribution is -2.45. The number of ether oxygens (including phenoxy) is 2. The molecule has 1 heterocycles. The Labute approximate surface area is 149 Å². The third-order valence-electron chi connectivity index (χ3n) is 3.88. The second kappa shape index (κ2) is 8.53. The molecule has 1 aromatic heterocycles. The van der Waals surface area contributed by atoms with Crippen molar-refractivity contribution in [2.75, 3.05) is 27.8 Å². The summed E-state index contributed by atoms with van der Waals surface area (Å²) in [6, 6.07) is 9.74. The molecular formula is C18H27N5O2. The number of nitrogens with one attached hydrogen (secondary N) is 2. The zero-order valence-corrected chi connectivity index (χ0v) is 15.5. The molecule has 0 spiro atoms. The highest BCUT2D eigenvalue weighted by molar-refractivity contribution is 5.79. The van der Waals surface area contributed by atoms with Gasteiger partial charge >= 0.3 is 0 Å². The van der Waals surface area contributed by atoms with Crippen LogP contribution in [-0.4, -0.2) is 49.2 Å². The molecular weight excluding hydrogens is 318 g/mol. The van der Waals surface area contributed by atoms with Crippen molar-refractivity contribution in [3.63, 3.8) is 0 Å². The molecule has 7 nitrogen and oxygen atoms in total. The molecule has 0 unspecified atom stereocenters. The molecule has 0 aliphatic carbocycles. The molecule has 1 aromatic carbocycles. The number of guanidine groups is 1. The van der Waals surface area contributed by atoms with Crippen LogP contribution < -0.4 is 15.4 Å². The number of hydrogen-bond donors (Lipinski definition) is 2. The Kier molecular flexibility index (Phi) is 6.41. The molecule has 25 heavy (non-hydrogen) atoms. The monoisotopic (exact) mass is 345 g/mol. The molecule has 0 atom stereocenters. The summed E-state index contributed by atoms with van der Waals surface area (Å²) in [5.41, 5.74) is 1.65. The molecule has 7 heteroatoms. The van der Waals surface area contributed by atoms with E-state index in [-0.39, 0.29) is 5.60 Å². The first-order valence-electron chi connectivity index (χ1n) is 8.16. The predicted octanol–water partition coefficient (Wildman–Crippen LogP) is 1.97. The van der Waals surface area contributed by atoms with Gasteiger partial charge in [-0.15, -0.1) is 0 Å². The van der Waals surface area contributed by atoms with Crippen LogP contribution in [0.3, 0.4) is 0 Å². The first-order valence-corrected chi connectivity index (χ1v) is 8.16. The van der Waals surface area contributed by atoms with E-state index >= 15 is 0 Å². The minimum atomic E-state index is -0.256. The number of rotatable bonds is 7. The van der Waals surface area contributed by atoms with Crippen molar-refractivity contribution in [1.82, 2.24) is 20.4 Å². The van der Waals surface area contributed by atoms with Gasteiger partial charge in [-0.25, -0.2) is 4.68 Å². The molecule has 136 valence electrons. The summed E-state index contributed by atoms with van der Waals surface area (Å²) in [6.07, 6.45) is 1.93. The van der Waals surface area contributed by atoms with Crippen molar-refractivity contribution < 1.29 is 9.47 Å². The summed E-state index contributed by atoms with van der Waals surface area (Å²) in [4.78, 5) is 4.21. The molecule has 0 bridgehead atoms. The van der Waals surface area contributed by atoms with Crippen LogP contribution in [0.5, 0.6) is 5.75 Å². The number of methoxy groups -OCH3 is 2. The quantitative estimate of drug-likeness (QED) is 0.593. The topological polar surface area (TPSA) is 72.7 Å². The van der Waals surface area contributed by atoms with E-state index in [4.69, 9.17) is 9.47 Å². The number of hydrogen-bond acceptors (Lipinski definition) is 4. The fourth-order valence-corrected chi connectivity index (χ4v) is 2.10. The van der Waals surface area contributed by atoms with E-state index in [9.17, 15) is 0 Å². The third kappa shape index (κ3) is 5.49. The van der Waals surface area contributed by atoms with Gasteiger partial charge < -0.3 is 20.1 Å². The van der Waals surface area contributed by atoms with Crippen LogP contribution in [0.4, 0.5) is 0 Å². The first-order chi connectivity index (χ1) is 12.0. The van der Waals surface area contributed by atoms with Crippen molar-refractivity contribution in [2.45, 2.75) is 26.0 Å². The fraction of sp³-hybridized carbons (Fsp3) is 0.444. The Hall–Kier alpha value is -2.54. The van der Waals surface area contributed by atoms with Gasteiger partial charge in [0.15, 0.2) is 5.96 Å². The highest BCUT2D eigenvalue weighted by atomic mass is 16.5. The van der Waals surface area contributed by atoms with E-state index in [0.717, 1.165) is 17.1 Å². The SMILES string of the molecule is CN=C(NCc1ccn(-c2ccc(OC)cc2)n1)NCC(C)(C)OC. The Balaban J connectivity index is 1.91. The van der Waals surface area contributed by atoms with Crippen LogP contribution in [0.2, 0.25) is 0 Å². The van der Waals surface area contributed by atoms with Crippen LogP contribution >= 0.6 is 0 Å². The summed E-state index contributed by atoms with van der Waals surface area (Å²) in [5, 5.41) is 11.1. The Morgan fingerprint density at radius 3 is 2.48 bits per heavy atom. The molecule has 0 aliphatic heterocycles. The highest BCUT2D eigenvalue weighted by Crippen LogP contribution is 2.14. The van der Waals surface area contributed by atoms with Crippen molar-refractivity contribution in [1.29, 1.82) is 0 Å². The molecule has 0 radical (unpaired) electrons. The average molecular weight is 345 g/mol. The zero-order valence-electron chi connectivity index (χ0n) is 15.5. The maximum absolute atomic E-state index is 5.39. The number of aliphatic imine (C=N–C) groups is 1. The molecule has 2 aromatic rings. The number of benzene rings is 1. The second-order valence-electron chi connectivity index (χ2n) is 6.19. The zero-order chi connectivity index (χ0) is 18.3. The summed E-state index contributed by atoms with van der Waals surface area (Å²) in [5.74, 6) is 1.54. The van der Waals surface area contributed by atoms with Crippen LogP contribution in [0.1, 0.15) is 19.5 Å². The van der Waals surface area contributed by atoms with Gasteiger partial charge in [-0.05, 0) is 44.2 Å². The normalized spacial score (nSPS) is 12.1. The van der Waals surface area contributed by atoms with Crippen molar-refractivity contribution in [3.8, 4) is 11.4 Å². The Morgan fingerprint density at radius 1 is 1.16 bits per heavy atom. The van der Waals surface area contributed by atoms with E-state index in [1.54, 1.807) is 21.3 Å². The minimum absolute atomic E-state index is 0.256. The standard InChI is InChI=1S/C18H27N5O2/c1-18(2,25-5)13-21-17(19-3)20-12-14-10-11-23(22-14)15-6-8-16(24-4)9-7-15/h6-11H,12-13H2,1-5H3,(H2,19,20,21). The van der Waals surface area contributed by atoms with Crippen LogP contribution in [0.15, 0.2) is 41.5 Å². The van der Waals surface area contributed by atoms with E-state index in [1.807, 2.05) is 55.1 Å². The van der Waals surface area contributed by atoms with Gasteiger partial charge in [0.25, 0.3) is 0 Å². The summed E-state index contributed by atoms with van der Waals surface area (Å²) in [7, 11) is 5.09. The molecule has 0 saturated carbocycles. The van der Waals surface area contributed by atoms with Crippen molar-refractivity contribution in [2.24, 2.45) is 4.99 Å². The smallest absolute Gasteiger partial charge is 0.191 e. The van der Waals surface area contributed by atoms with E-state index in [2.05, 4.69) is 20.7 Å². The van der Waals surface area contributed by atoms with Crippen LogP contribution in [0, 0.1) is 0 Å². The molecule has 0 amide bonds. The lowest BCUT2D eigenvalue weighted by molar-refractivity contribution is 0.0268. The average Bonchev–Trinajstić information content (AvgIpc) is 3.11. The van der Waals surface area contributed by atoms with Gasteiger partial charge in [-0.3, -0.25) is 4.99 Å². The number of aromatic nitrogens is 2. The summed E-state index contributed by atoms with van der Waals surface area (Å²) >= 11 is 0. The molecule has 0 aliphatic rings. The van der Waals surface area contributed by atoms with Gasteiger partial charge in [-0.2, -0.15) is 5.10 Å². The molecule has 2 rings (SSSR count). The molecule has 0 fully saturated rings. The number of nitrogens with zero attached hydrogens (tertiary/aromatic N) is 3. The fourth-order valence-electron chi connectivity index (χ4n) is 2.10. The lowest BCUT2D eigenvalue weighted by atomic mass is 10.1. The highest BCUT2D eigenvalue weighted by Gasteiger charge is 2.16. The van der Waals surface area contributed by atoms with E-state index in [0.29, 0.717) is 19.0 Å². The Bertz CT molecular complexity index is 692. The van der Waals surface area contributed by atoms with E-state index in [1.165, 1.54) is 0 Å². The molecule has 0 saturated heterocycles. The minimum Gasteiger partial charge on any atom is -0.497 e. The Morgan fingerprint density at radius 2 is 1.88 bits per heavy atom. The lowest BCUT2D eigenvalue weighted by Gasteiger charge is -2.24. The van der Waals surface area contributed by atoms with E-state index < -0.39 is 0 Å². The maximum Gasteiger partial charge on any atom is 0.191 e. The third-order valence-corrected chi connectivity index (χ3v) is 3.88. The van der Waals surface area contributed by atoms with Crippen LogP contribution in [0.25, 0.3) is 5.69 Å². The van der Waals surface area contributed by atoms with Gasteiger partial charge in [0.2, 0.25) is 0 Å². The van der Waals surface area contributed by atoms with Crippen LogP contribution in [-0.2, 0) is 11.3 Å². The first kappa shape index (κ1) is 18.8. The van der Waals surface area contributed by atoms with Crippen molar-refractivity contribution >= 4 is 5.96 Å². The van der Waals surface area contributed by atoms with Gasteiger partial charge in [0.05, 0.1) is 30.6 Å². The van der Waals surface area contributed by atoms with Crippen molar-refractivity contribution in [3.05, 3.63) is 42.2 Å². The largest absolute Gasteiger partial charge is 0.497 e. The second-order valence-corrected chi connectivity index (χ2v) is 6.19. The molecule has 2 N–H and O–H groups in total. The van der Waals surface area contributed by atoms with Gasteiger partial charge in [0, 0.05) is 26.9 Å². The summed E-state index contributed by atoms with van der Waals surface area (Å²) < 4.78 is 12.4. The van der Waals surface area contributed by atoms with Gasteiger partial charge in [0.1, 0.15) is 5.75 Å². The summed E-state index contributed by atoms with van der Waals surface area (Å²) in [6.45, 7) is 5.27. The van der Waals surface area contributed by atoms with Gasteiger partial charge in [-0.1, -0.05) is 0 Å². The predicted molar refractivity (Wildman–Crippen MR) is 99.4 cm³/mol. The maximum atomic E-state index is 5.39.